The molecule has 0 radical (unpaired) electrons. The van der Waals surface area contributed by atoms with Gasteiger partial charge in [-0.3, -0.25) is 14.5 Å². The molecular weight excluding hydrogens is 446 g/mol. The molecule has 1 heterocycles. The lowest BCUT2D eigenvalue weighted by Gasteiger charge is -2.38. The van der Waals surface area contributed by atoms with Gasteiger partial charge in [0.2, 0.25) is 5.91 Å². The van der Waals surface area contributed by atoms with Crippen molar-refractivity contribution in [1.82, 2.24) is 15.1 Å². The molecule has 2 aliphatic rings. The Morgan fingerprint density at radius 3 is 2.00 bits per heavy atom. The van der Waals surface area contributed by atoms with E-state index in [2.05, 4.69) is 29.6 Å². The first-order valence-electron chi connectivity index (χ1n) is 12.1. The summed E-state index contributed by atoms with van der Waals surface area (Å²) in [5, 5.41) is 12.0. The normalized spacial score (nSPS) is 17.4. The highest BCUT2D eigenvalue weighted by Crippen LogP contribution is 2.44. The number of nitrogens with one attached hydrogen (secondary N) is 1. The summed E-state index contributed by atoms with van der Waals surface area (Å²) in [6, 6.07) is 15.0. The summed E-state index contributed by atoms with van der Waals surface area (Å²) in [6.07, 6.45) is -0.614. The van der Waals surface area contributed by atoms with E-state index in [1.54, 1.807) is 11.8 Å². The van der Waals surface area contributed by atoms with Gasteiger partial charge in [-0.05, 0) is 35.1 Å². The van der Waals surface area contributed by atoms with Gasteiger partial charge < -0.3 is 20.1 Å². The van der Waals surface area contributed by atoms with Gasteiger partial charge in [0.05, 0.1) is 0 Å². The summed E-state index contributed by atoms with van der Waals surface area (Å²) in [5.74, 6) is -1.22. The van der Waals surface area contributed by atoms with Crippen LogP contribution in [0.2, 0.25) is 0 Å². The number of ether oxygens (including phenoxy) is 1. The average molecular weight is 480 g/mol. The Labute approximate surface area is 205 Å². The molecule has 1 aliphatic carbocycles. The molecule has 2 aromatic rings. The molecule has 35 heavy (non-hydrogen) atoms. The molecule has 2 N–H and O–H groups in total. The number of carbonyl (C=O) groups is 3. The number of alkyl carbamates (subject to hydrolysis) is 1. The minimum absolute atomic E-state index is 0.0503. The molecular formula is C27H33N3O5. The van der Waals surface area contributed by atoms with Crippen molar-refractivity contribution in [3.05, 3.63) is 59.7 Å². The van der Waals surface area contributed by atoms with Gasteiger partial charge in [-0.15, -0.1) is 0 Å². The van der Waals surface area contributed by atoms with Crippen molar-refractivity contribution in [2.45, 2.75) is 38.8 Å². The number of carboxylic acid groups (broad SMARTS) is 1. The van der Waals surface area contributed by atoms with Crippen LogP contribution in [0.3, 0.4) is 0 Å². The number of piperazine rings is 1. The number of fused-ring (bicyclic) bond motifs is 3. The first kappa shape index (κ1) is 24.7. The molecule has 2 amide bonds. The van der Waals surface area contributed by atoms with Gasteiger partial charge in [0.25, 0.3) is 0 Å². The lowest BCUT2D eigenvalue weighted by atomic mass is 9.98. The lowest BCUT2D eigenvalue weighted by molar-refractivity contribution is -0.144. The molecule has 4 rings (SSSR count). The van der Waals surface area contributed by atoms with E-state index in [0.29, 0.717) is 26.2 Å². The molecule has 0 saturated carbocycles. The second kappa shape index (κ2) is 10.5. The molecule has 2 unspecified atom stereocenters. The molecule has 0 aromatic heterocycles. The number of hydrogen-bond donors (Lipinski definition) is 2. The second-order valence-corrected chi connectivity index (χ2v) is 9.57. The molecule has 8 heteroatoms. The van der Waals surface area contributed by atoms with Gasteiger partial charge in [0, 0.05) is 32.1 Å². The molecule has 0 spiro atoms. The van der Waals surface area contributed by atoms with Crippen molar-refractivity contribution >= 4 is 18.0 Å². The quantitative estimate of drug-likeness (QED) is 0.633. The van der Waals surface area contributed by atoms with Crippen LogP contribution in [0.25, 0.3) is 11.1 Å². The summed E-state index contributed by atoms with van der Waals surface area (Å²) in [5.41, 5.74) is 4.57. The standard InChI is InChI=1S/C27H33N3O5/c1-17(2)24(25(31)30-14-12-29(13-15-30)18(3)26(32)33)28-27(34)35-16-23-21-10-6-4-8-19(21)20-9-5-7-11-22(20)23/h4-11,17-18,23-24H,12-16H2,1-3H3,(H,28,34)(H,32,33). The smallest absolute Gasteiger partial charge is 0.407 e. The third-order valence-corrected chi connectivity index (χ3v) is 7.08. The zero-order valence-corrected chi connectivity index (χ0v) is 20.4. The maximum atomic E-state index is 13.2. The van der Waals surface area contributed by atoms with Crippen LogP contribution in [0.1, 0.15) is 37.8 Å². The SMILES string of the molecule is CC(C)C(NC(=O)OCC1c2ccccc2-c2ccccc21)C(=O)N1CCN(C(C)C(=O)O)CC1. The number of nitrogens with zero attached hydrogens (tertiary/aromatic N) is 2. The number of aliphatic carboxylic acids is 1. The van der Waals surface area contributed by atoms with Crippen molar-refractivity contribution in [1.29, 1.82) is 0 Å². The number of carbonyl (C=O) groups excluding carboxylic acids is 2. The lowest BCUT2D eigenvalue weighted by Crippen LogP contribution is -2.58. The molecule has 1 saturated heterocycles. The molecule has 2 atom stereocenters. The zero-order chi connectivity index (χ0) is 25.1. The van der Waals surface area contributed by atoms with Crippen LogP contribution in [-0.4, -0.2) is 77.7 Å². The molecule has 2 aromatic carbocycles. The Bertz CT molecular complexity index is 1050. The maximum Gasteiger partial charge on any atom is 0.407 e. The highest BCUT2D eigenvalue weighted by molar-refractivity contribution is 5.86. The van der Waals surface area contributed by atoms with Crippen LogP contribution in [0.4, 0.5) is 4.79 Å². The van der Waals surface area contributed by atoms with Gasteiger partial charge in [-0.1, -0.05) is 62.4 Å². The Morgan fingerprint density at radius 2 is 1.49 bits per heavy atom. The fourth-order valence-electron chi connectivity index (χ4n) is 4.96. The third-order valence-electron chi connectivity index (χ3n) is 7.08. The Kier molecular flexibility index (Phi) is 7.40. The van der Waals surface area contributed by atoms with Gasteiger partial charge >= 0.3 is 12.1 Å². The van der Waals surface area contributed by atoms with E-state index in [-0.39, 0.29) is 24.3 Å². The van der Waals surface area contributed by atoms with Crippen molar-refractivity contribution in [2.24, 2.45) is 5.92 Å². The average Bonchev–Trinajstić information content (AvgIpc) is 3.18. The first-order valence-corrected chi connectivity index (χ1v) is 12.1. The number of benzene rings is 2. The molecule has 1 fully saturated rings. The van der Waals surface area contributed by atoms with E-state index < -0.39 is 24.1 Å². The van der Waals surface area contributed by atoms with Crippen molar-refractivity contribution < 1.29 is 24.2 Å². The van der Waals surface area contributed by atoms with E-state index in [1.807, 2.05) is 43.0 Å². The monoisotopic (exact) mass is 479 g/mol. The number of carboxylic acids is 1. The van der Waals surface area contributed by atoms with E-state index in [4.69, 9.17) is 4.74 Å². The minimum atomic E-state index is -0.873. The van der Waals surface area contributed by atoms with Gasteiger partial charge in [-0.2, -0.15) is 0 Å². The van der Waals surface area contributed by atoms with Gasteiger partial charge in [0.1, 0.15) is 18.7 Å². The Morgan fingerprint density at radius 1 is 0.943 bits per heavy atom. The summed E-state index contributed by atoms with van der Waals surface area (Å²) < 4.78 is 5.64. The van der Waals surface area contributed by atoms with Crippen LogP contribution in [0.5, 0.6) is 0 Å². The minimum Gasteiger partial charge on any atom is -0.480 e. The zero-order valence-electron chi connectivity index (χ0n) is 20.4. The van der Waals surface area contributed by atoms with E-state index in [0.717, 1.165) is 22.3 Å². The summed E-state index contributed by atoms with van der Waals surface area (Å²) >= 11 is 0. The van der Waals surface area contributed by atoms with Crippen LogP contribution in [0, 0.1) is 5.92 Å². The van der Waals surface area contributed by atoms with Crippen LogP contribution in [0.15, 0.2) is 48.5 Å². The van der Waals surface area contributed by atoms with Crippen LogP contribution >= 0.6 is 0 Å². The molecule has 186 valence electrons. The van der Waals surface area contributed by atoms with E-state index in [9.17, 15) is 19.5 Å². The fraction of sp³-hybridized carbons (Fsp3) is 0.444. The summed E-state index contributed by atoms with van der Waals surface area (Å²) in [6.45, 7) is 7.41. The predicted molar refractivity (Wildman–Crippen MR) is 132 cm³/mol. The van der Waals surface area contributed by atoms with Crippen molar-refractivity contribution in [3.8, 4) is 11.1 Å². The Balaban J connectivity index is 1.36. The molecule has 0 bridgehead atoms. The highest BCUT2D eigenvalue weighted by atomic mass is 16.5. The largest absolute Gasteiger partial charge is 0.480 e. The summed E-state index contributed by atoms with van der Waals surface area (Å²) in [7, 11) is 0. The first-order chi connectivity index (χ1) is 16.8. The third kappa shape index (κ3) is 5.17. The second-order valence-electron chi connectivity index (χ2n) is 9.57. The summed E-state index contributed by atoms with van der Waals surface area (Å²) in [4.78, 5) is 40.7. The van der Waals surface area contributed by atoms with Crippen LogP contribution in [-0.2, 0) is 14.3 Å². The van der Waals surface area contributed by atoms with Crippen molar-refractivity contribution in [2.75, 3.05) is 32.8 Å². The van der Waals surface area contributed by atoms with Crippen LogP contribution < -0.4 is 5.32 Å². The van der Waals surface area contributed by atoms with Gasteiger partial charge in [0.15, 0.2) is 0 Å². The van der Waals surface area contributed by atoms with E-state index in [1.165, 1.54) is 0 Å². The highest BCUT2D eigenvalue weighted by Gasteiger charge is 2.34. The van der Waals surface area contributed by atoms with E-state index >= 15 is 0 Å². The topological polar surface area (TPSA) is 99.2 Å². The molecule has 8 nitrogen and oxygen atoms in total. The van der Waals surface area contributed by atoms with Crippen molar-refractivity contribution in [3.63, 3.8) is 0 Å². The number of rotatable bonds is 7. The number of amides is 2. The predicted octanol–water partition coefficient (Wildman–Crippen LogP) is 3.17. The molecule has 1 aliphatic heterocycles. The fourth-order valence-corrected chi connectivity index (χ4v) is 4.96. The maximum absolute atomic E-state index is 13.2. The number of hydrogen-bond acceptors (Lipinski definition) is 5. The van der Waals surface area contributed by atoms with Gasteiger partial charge in [-0.25, -0.2) is 4.79 Å². The Hall–Kier alpha value is -3.39.